The molecule has 6 aromatic rings. The number of aryl methyl sites for hydroxylation is 2. The molecule has 4 aromatic carbocycles. The lowest BCUT2D eigenvalue weighted by Crippen LogP contribution is -2.05. The number of aromatic nitrogens is 2. The van der Waals surface area contributed by atoms with Crippen LogP contribution in [0.2, 0.25) is 0 Å². The Hall–Kier alpha value is -4.29. The molecular weight excluding hydrogens is 580 g/mol. The van der Waals surface area contributed by atoms with Crippen molar-refractivity contribution < 1.29 is 9.47 Å². The van der Waals surface area contributed by atoms with Crippen molar-refractivity contribution >= 4 is 67.4 Å². The molecule has 6 nitrogen and oxygen atoms in total. The number of rotatable bonds is 13. The largest absolute Gasteiger partial charge is 0.494 e. The minimum Gasteiger partial charge on any atom is -0.494 e. The van der Waals surface area contributed by atoms with Crippen LogP contribution in [0.1, 0.15) is 49.7 Å². The second-order valence-electron chi connectivity index (χ2n) is 11.6. The summed E-state index contributed by atoms with van der Waals surface area (Å²) in [4.78, 5) is 9.89. The van der Waals surface area contributed by atoms with Gasteiger partial charge in [-0.1, -0.05) is 74.2 Å². The zero-order valence-electron chi connectivity index (χ0n) is 26.7. The second-order valence-corrected chi connectivity index (χ2v) is 11.6. The highest BCUT2D eigenvalue weighted by Gasteiger charge is 2.16. The van der Waals surface area contributed by atoms with Gasteiger partial charge in [-0.25, -0.2) is 9.97 Å². The molecule has 0 radical (unpaired) electrons. The summed E-state index contributed by atoms with van der Waals surface area (Å²) in [5.41, 5.74) is 8.56. The second kappa shape index (κ2) is 14.7. The lowest BCUT2D eigenvalue weighted by molar-refractivity contribution is 0.419. The van der Waals surface area contributed by atoms with Crippen molar-refractivity contribution in [2.75, 3.05) is 37.9 Å². The first-order chi connectivity index (χ1) is 21.6. The number of methoxy groups -OCH3 is 2. The summed E-state index contributed by atoms with van der Waals surface area (Å²) in [5.74, 6) is 1.63. The molecule has 234 valence electrons. The molecule has 0 saturated carbocycles. The topological polar surface area (TPSA) is 68.3 Å². The van der Waals surface area contributed by atoms with Crippen LogP contribution in [0.3, 0.4) is 0 Å². The van der Waals surface area contributed by atoms with E-state index in [1.165, 1.54) is 36.8 Å². The molecule has 0 fully saturated rings. The zero-order valence-corrected chi connectivity index (χ0v) is 27.5. The van der Waals surface area contributed by atoms with E-state index in [9.17, 15) is 0 Å². The number of halogens is 1. The third-order valence-corrected chi connectivity index (χ3v) is 8.66. The number of benzene rings is 4. The van der Waals surface area contributed by atoms with Gasteiger partial charge in [-0.15, -0.1) is 12.4 Å². The van der Waals surface area contributed by atoms with E-state index >= 15 is 0 Å². The Bertz CT molecular complexity index is 1800. The van der Waals surface area contributed by atoms with Crippen LogP contribution >= 0.6 is 12.4 Å². The maximum Gasteiger partial charge on any atom is 0.145 e. The van der Waals surface area contributed by atoms with E-state index in [-0.39, 0.29) is 12.4 Å². The van der Waals surface area contributed by atoms with Crippen LogP contribution in [0.25, 0.3) is 43.6 Å². The molecular formula is C38H43ClN4O2. The standard InChI is InChI=1S/C38H42N4O2.ClH/c1-25-19-21-31(43-3)37-33(25)35(27-15-9-11-17-29(27)41-37)39-23-13-7-5-6-8-14-24-40-36-28-16-10-12-18-30(28)42-38-32(44-4)22-20-26(2)34(36)38;/h9-12,15-22H,5-8,13-14,23-24H2,1-4H3,(H,39,41)(H,40,42);1H. The van der Waals surface area contributed by atoms with Gasteiger partial charge in [0.05, 0.1) is 36.6 Å². The number of fused-ring (bicyclic) bond motifs is 4. The van der Waals surface area contributed by atoms with Crippen LogP contribution in [0.15, 0.2) is 72.8 Å². The van der Waals surface area contributed by atoms with E-state index in [1.54, 1.807) is 14.2 Å². The summed E-state index contributed by atoms with van der Waals surface area (Å²) in [7, 11) is 3.43. The maximum atomic E-state index is 5.66. The number of nitrogens with one attached hydrogen (secondary N) is 2. The molecule has 0 amide bonds. The lowest BCUT2D eigenvalue weighted by Gasteiger charge is -2.17. The molecule has 0 bridgehead atoms. The molecule has 0 atom stereocenters. The number of hydrogen-bond acceptors (Lipinski definition) is 6. The van der Waals surface area contributed by atoms with E-state index in [0.29, 0.717) is 0 Å². The van der Waals surface area contributed by atoms with Gasteiger partial charge in [0.2, 0.25) is 0 Å². The fourth-order valence-corrected chi connectivity index (χ4v) is 6.35. The molecule has 2 aromatic heterocycles. The van der Waals surface area contributed by atoms with Crippen molar-refractivity contribution in [3.05, 3.63) is 83.9 Å². The van der Waals surface area contributed by atoms with Crippen molar-refractivity contribution in [1.29, 1.82) is 0 Å². The highest BCUT2D eigenvalue weighted by Crippen LogP contribution is 2.38. The number of anilines is 2. The molecule has 0 aliphatic rings. The van der Waals surface area contributed by atoms with E-state index in [0.717, 1.165) is 92.4 Å². The molecule has 2 heterocycles. The third-order valence-electron chi connectivity index (χ3n) is 8.66. The zero-order chi connectivity index (χ0) is 30.5. The van der Waals surface area contributed by atoms with Gasteiger partial charge in [-0.05, 0) is 62.1 Å². The highest BCUT2D eigenvalue weighted by molar-refractivity contribution is 6.11. The monoisotopic (exact) mass is 622 g/mol. The van der Waals surface area contributed by atoms with Gasteiger partial charge in [-0.2, -0.15) is 0 Å². The van der Waals surface area contributed by atoms with Crippen molar-refractivity contribution in [2.24, 2.45) is 0 Å². The smallest absolute Gasteiger partial charge is 0.145 e. The van der Waals surface area contributed by atoms with Crippen LogP contribution in [0, 0.1) is 13.8 Å². The summed E-state index contributed by atoms with van der Waals surface area (Å²) in [6.45, 7) is 6.17. The van der Waals surface area contributed by atoms with Crippen LogP contribution in [0.5, 0.6) is 11.5 Å². The van der Waals surface area contributed by atoms with Gasteiger partial charge >= 0.3 is 0 Å². The Kier molecular flexibility index (Phi) is 10.5. The van der Waals surface area contributed by atoms with Crippen LogP contribution in [0.4, 0.5) is 11.4 Å². The van der Waals surface area contributed by atoms with Gasteiger partial charge in [-0.3, -0.25) is 0 Å². The summed E-state index contributed by atoms with van der Waals surface area (Å²) < 4.78 is 11.3. The van der Waals surface area contributed by atoms with E-state index < -0.39 is 0 Å². The number of nitrogens with zero attached hydrogens (tertiary/aromatic N) is 2. The number of para-hydroxylation sites is 2. The summed E-state index contributed by atoms with van der Waals surface area (Å²) in [5, 5.41) is 12.2. The van der Waals surface area contributed by atoms with Gasteiger partial charge < -0.3 is 20.1 Å². The van der Waals surface area contributed by atoms with Crippen LogP contribution in [-0.2, 0) is 0 Å². The quantitative estimate of drug-likeness (QED) is 0.0986. The molecule has 6 rings (SSSR count). The fraction of sp³-hybridized carbons (Fsp3) is 0.316. The highest BCUT2D eigenvalue weighted by atomic mass is 35.5. The van der Waals surface area contributed by atoms with E-state index in [2.05, 4.69) is 73.0 Å². The van der Waals surface area contributed by atoms with Gasteiger partial charge in [0.1, 0.15) is 22.5 Å². The average Bonchev–Trinajstić information content (AvgIpc) is 3.05. The number of pyridine rings is 2. The van der Waals surface area contributed by atoms with Gasteiger partial charge in [0.15, 0.2) is 0 Å². The molecule has 0 spiro atoms. The Labute approximate surface area is 272 Å². The Morgan fingerprint density at radius 1 is 0.533 bits per heavy atom. The summed E-state index contributed by atoms with van der Waals surface area (Å²) in [6, 6.07) is 25.0. The summed E-state index contributed by atoms with van der Waals surface area (Å²) in [6.07, 6.45) is 7.17. The van der Waals surface area contributed by atoms with Crippen molar-refractivity contribution in [3.8, 4) is 11.5 Å². The summed E-state index contributed by atoms with van der Waals surface area (Å²) >= 11 is 0. The van der Waals surface area contributed by atoms with Crippen molar-refractivity contribution in [1.82, 2.24) is 9.97 Å². The average molecular weight is 623 g/mol. The SMILES string of the molecule is COc1ccc(C)c2c(NCCCCCCCCNc3c4ccccc4nc4c(OC)ccc(C)c34)c3ccccc3nc12.Cl. The first kappa shape index (κ1) is 32.1. The van der Waals surface area contributed by atoms with Crippen molar-refractivity contribution in [3.63, 3.8) is 0 Å². The van der Waals surface area contributed by atoms with Crippen molar-refractivity contribution in [2.45, 2.75) is 52.4 Å². The predicted molar refractivity (Wildman–Crippen MR) is 193 cm³/mol. The molecule has 0 aliphatic carbocycles. The molecule has 0 saturated heterocycles. The fourth-order valence-electron chi connectivity index (χ4n) is 6.35. The van der Waals surface area contributed by atoms with E-state index in [1.807, 2.05) is 24.3 Å². The normalized spacial score (nSPS) is 11.2. The number of ether oxygens (including phenoxy) is 2. The third kappa shape index (κ3) is 6.57. The first-order valence-electron chi connectivity index (χ1n) is 15.8. The van der Waals surface area contributed by atoms with Gasteiger partial charge in [0, 0.05) is 34.6 Å². The predicted octanol–water partition coefficient (Wildman–Crippen LogP) is 10.0. The molecule has 0 unspecified atom stereocenters. The Morgan fingerprint density at radius 2 is 0.933 bits per heavy atom. The van der Waals surface area contributed by atoms with E-state index in [4.69, 9.17) is 19.4 Å². The first-order valence-corrected chi connectivity index (χ1v) is 15.8. The molecule has 2 N–H and O–H groups in total. The Morgan fingerprint density at radius 3 is 1.36 bits per heavy atom. The molecule has 0 aliphatic heterocycles. The minimum absolute atomic E-state index is 0. The minimum atomic E-state index is 0. The number of hydrogen-bond donors (Lipinski definition) is 2. The van der Waals surface area contributed by atoms with Crippen LogP contribution < -0.4 is 20.1 Å². The number of unbranched alkanes of at least 4 members (excludes halogenated alkanes) is 5. The van der Waals surface area contributed by atoms with Gasteiger partial charge in [0.25, 0.3) is 0 Å². The molecule has 45 heavy (non-hydrogen) atoms. The Balaban J connectivity index is 0.00000400. The maximum absolute atomic E-state index is 5.66. The van der Waals surface area contributed by atoms with Crippen LogP contribution in [-0.4, -0.2) is 37.3 Å². The lowest BCUT2D eigenvalue weighted by atomic mass is 10.0. The molecule has 7 heteroatoms.